The molecule has 0 radical (unpaired) electrons. The van der Waals surface area contributed by atoms with E-state index in [4.69, 9.17) is 19.9 Å². The van der Waals surface area contributed by atoms with E-state index in [2.05, 4.69) is 0 Å². The van der Waals surface area contributed by atoms with Crippen LogP contribution in [0.25, 0.3) is 0 Å². The highest BCUT2D eigenvalue weighted by Gasteiger charge is 2.27. The van der Waals surface area contributed by atoms with Gasteiger partial charge in [0.1, 0.15) is 30.1 Å². The van der Waals surface area contributed by atoms with Crippen molar-refractivity contribution < 1.29 is 28.6 Å². The molecule has 0 saturated heterocycles. The summed E-state index contributed by atoms with van der Waals surface area (Å²) in [6, 6.07) is 14.1. The first kappa shape index (κ1) is 20.1. The highest BCUT2D eigenvalue weighted by molar-refractivity contribution is 5.93. The fourth-order valence-electron chi connectivity index (χ4n) is 2.20. The van der Waals surface area contributed by atoms with E-state index in [0.717, 1.165) is 5.56 Å². The number of hydrogen-bond acceptors (Lipinski definition) is 7. The zero-order valence-electron chi connectivity index (χ0n) is 15.1. The van der Waals surface area contributed by atoms with Crippen molar-refractivity contribution >= 4 is 17.9 Å². The van der Waals surface area contributed by atoms with E-state index < -0.39 is 30.1 Å². The van der Waals surface area contributed by atoms with Crippen LogP contribution >= 0.6 is 0 Å². The summed E-state index contributed by atoms with van der Waals surface area (Å²) in [7, 11) is 0. The molecule has 0 bridgehead atoms. The maximum atomic E-state index is 12.3. The Morgan fingerprint density at radius 2 is 1.63 bits per heavy atom. The van der Waals surface area contributed by atoms with Crippen molar-refractivity contribution in [1.82, 2.24) is 0 Å². The number of ether oxygens (including phenoxy) is 3. The molecule has 2 aromatic rings. The van der Waals surface area contributed by atoms with Gasteiger partial charge in [-0.1, -0.05) is 42.5 Å². The van der Waals surface area contributed by atoms with E-state index in [1.54, 1.807) is 12.1 Å². The summed E-state index contributed by atoms with van der Waals surface area (Å²) >= 11 is 0. The van der Waals surface area contributed by atoms with Gasteiger partial charge in [0, 0.05) is 6.92 Å². The quantitative estimate of drug-likeness (QED) is 0.588. The Bertz CT molecular complexity index is 805. The molecule has 0 saturated carbocycles. The van der Waals surface area contributed by atoms with Crippen LogP contribution in [0.2, 0.25) is 0 Å². The number of carbonyl (C=O) groups excluding carboxylic acids is 3. The number of para-hydroxylation sites is 1. The standard InChI is InChI=1S/C20H21NO6/c1-13(18(21)20(24)25-12-15-8-4-3-5-9-15)26-19(23)16-10-6-7-11-17(16)27-14(2)22/h3-11,13,18H,12,21H2,1-2H3/t13-,18+/m1/s1. The number of rotatable bonds is 7. The molecule has 142 valence electrons. The predicted molar refractivity (Wildman–Crippen MR) is 96.8 cm³/mol. The molecule has 0 heterocycles. The maximum Gasteiger partial charge on any atom is 0.342 e. The van der Waals surface area contributed by atoms with Gasteiger partial charge in [0.15, 0.2) is 0 Å². The SMILES string of the molecule is CC(=O)Oc1ccccc1C(=O)O[C@H](C)[C@H](N)C(=O)OCc1ccccc1. The number of esters is 3. The fourth-order valence-corrected chi connectivity index (χ4v) is 2.20. The second-order valence-corrected chi connectivity index (χ2v) is 5.82. The molecule has 2 atom stereocenters. The molecule has 0 aliphatic carbocycles. The van der Waals surface area contributed by atoms with Crippen molar-refractivity contribution in [3.05, 3.63) is 65.7 Å². The molecule has 0 aromatic heterocycles. The van der Waals surface area contributed by atoms with Gasteiger partial charge in [-0.05, 0) is 24.6 Å². The largest absolute Gasteiger partial charge is 0.460 e. The normalized spacial score (nSPS) is 12.6. The average molecular weight is 371 g/mol. The Labute approximate surface area is 157 Å². The number of carbonyl (C=O) groups is 3. The van der Waals surface area contributed by atoms with E-state index in [1.165, 1.54) is 26.0 Å². The monoisotopic (exact) mass is 371 g/mol. The number of nitrogens with two attached hydrogens (primary N) is 1. The van der Waals surface area contributed by atoms with E-state index in [-0.39, 0.29) is 17.9 Å². The maximum absolute atomic E-state index is 12.3. The van der Waals surface area contributed by atoms with Crippen molar-refractivity contribution in [1.29, 1.82) is 0 Å². The van der Waals surface area contributed by atoms with Crippen molar-refractivity contribution in [3.8, 4) is 5.75 Å². The van der Waals surface area contributed by atoms with Crippen molar-refractivity contribution in [2.24, 2.45) is 5.73 Å². The number of benzene rings is 2. The van der Waals surface area contributed by atoms with Crippen LogP contribution in [0, 0.1) is 0 Å². The minimum atomic E-state index is -1.15. The lowest BCUT2D eigenvalue weighted by atomic mass is 10.1. The molecule has 0 amide bonds. The van der Waals surface area contributed by atoms with Crippen molar-refractivity contribution in [3.63, 3.8) is 0 Å². The second-order valence-electron chi connectivity index (χ2n) is 5.82. The smallest absolute Gasteiger partial charge is 0.342 e. The summed E-state index contributed by atoms with van der Waals surface area (Å²) in [6.45, 7) is 2.79. The first-order valence-corrected chi connectivity index (χ1v) is 8.33. The lowest BCUT2D eigenvalue weighted by molar-refractivity contribution is -0.149. The minimum absolute atomic E-state index is 0.0596. The van der Waals surface area contributed by atoms with Crippen LogP contribution in [0.15, 0.2) is 54.6 Å². The summed E-state index contributed by atoms with van der Waals surface area (Å²) in [5, 5.41) is 0. The van der Waals surface area contributed by atoms with Gasteiger partial charge < -0.3 is 19.9 Å². The lowest BCUT2D eigenvalue weighted by Gasteiger charge is -2.19. The lowest BCUT2D eigenvalue weighted by Crippen LogP contribution is -2.43. The molecule has 0 fully saturated rings. The first-order chi connectivity index (χ1) is 12.9. The predicted octanol–water partition coefficient (Wildman–Crippen LogP) is 2.23. The molecule has 7 nitrogen and oxygen atoms in total. The molecule has 0 aliphatic heterocycles. The molecule has 0 aliphatic rings. The zero-order chi connectivity index (χ0) is 19.8. The topological polar surface area (TPSA) is 105 Å². The van der Waals surface area contributed by atoms with Gasteiger partial charge in [-0.2, -0.15) is 0 Å². The summed E-state index contributed by atoms with van der Waals surface area (Å²) in [5.74, 6) is -1.94. The molecule has 0 spiro atoms. The Morgan fingerprint density at radius 1 is 1.00 bits per heavy atom. The van der Waals surface area contributed by atoms with Crippen molar-refractivity contribution in [2.75, 3.05) is 0 Å². The van der Waals surface area contributed by atoms with Gasteiger partial charge >= 0.3 is 17.9 Å². The molecule has 2 N–H and O–H groups in total. The Morgan fingerprint density at radius 3 is 2.30 bits per heavy atom. The van der Waals surface area contributed by atoms with Crippen LogP contribution < -0.4 is 10.5 Å². The third-order valence-corrected chi connectivity index (χ3v) is 3.66. The van der Waals surface area contributed by atoms with Gasteiger partial charge in [-0.3, -0.25) is 9.59 Å². The first-order valence-electron chi connectivity index (χ1n) is 8.33. The van der Waals surface area contributed by atoms with Crippen LogP contribution in [0.5, 0.6) is 5.75 Å². The third-order valence-electron chi connectivity index (χ3n) is 3.66. The van der Waals surface area contributed by atoms with Crippen LogP contribution in [-0.4, -0.2) is 30.1 Å². The van der Waals surface area contributed by atoms with Gasteiger partial charge in [0.2, 0.25) is 0 Å². The molecule has 2 rings (SSSR count). The highest BCUT2D eigenvalue weighted by Crippen LogP contribution is 2.20. The molecule has 2 aromatic carbocycles. The Kier molecular flexibility index (Phi) is 7.08. The van der Waals surface area contributed by atoms with Crippen LogP contribution in [0.4, 0.5) is 0 Å². The van der Waals surface area contributed by atoms with E-state index in [0.29, 0.717) is 0 Å². The second kappa shape index (κ2) is 9.49. The number of hydrogen-bond donors (Lipinski definition) is 1. The molecule has 7 heteroatoms. The van der Waals surface area contributed by atoms with Crippen LogP contribution in [-0.2, 0) is 25.7 Å². The van der Waals surface area contributed by atoms with Crippen molar-refractivity contribution in [2.45, 2.75) is 32.6 Å². The fraction of sp³-hybridized carbons (Fsp3) is 0.250. The highest BCUT2D eigenvalue weighted by atomic mass is 16.6. The van der Waals surface area contributed by atoms with E-state index in [9.17, 15) is 14.4 Å². The minimum Gasteiger partial charge on any atom is -0.460 e. The van der Waals surface area contributed by atoms with Gasteiger partial charge in [0.05, 0.1) is 0 Å². The zero-order valence-corrected chi connectivity index (χ0v) is 15.1. The molecule has 27 heavy (non-hydrogen) atoms. The van der Waals surface area contributed by atoms with Gasteiger partial charge in [-0.25, -0.2) is 4.79 Å². The van der Waals surface area contributed by atoms with Crippen LogP contribution in [0.3, 0.4) is 0 Å². The summed E-state index contributed by atoms with van der Waals surface area (Å²) in [4.78, 5) is 35.6. The average Bonchev–Trinajstić information content (AvgIpc) is 2.66. The Balaban J connectivity index is 1.95. The van der Waals surface area contributed by atoms with E-state index >= 15 is 0 Å². The van der Waals surface area contributed by atoms with Gasteiger partial charge in [0.25, 0.3) is 0 Å². The molecular weight excluding hydrogens is 350 g/mol. The molecular formula is C20H21NO6. The summed E-state index contributed by atoms with van der Waals surface area (Å²) in [5.41, 5.74) is 6.71. The summed E-state index contributed by atoms with van der Waals surface area (Å²) in [6.07, 6.45) is -0.939. The third kappa shape index (κ3) is 5.93. The van der Waals surface area contributed by atoms with Crippen LogP contribution in [0.1, 0.15) is 29.8 Å². The van der Waals surface area contributed by atoms with Gasteiger partial charge in [-0.15, -0.1) is 0 Å². The Hall–Kier alpha value is -3.19. The molecule has 0 unspecified atom stereocenters. The summed E-state index contributed by atoms with van der Waals surface area (Å²) < 4.78 is 15.4. The van der Waals surface area contributed by atoms with E-state index in [1.807, 2.05) is 30.3 Å².